The van der Waals surface area contributed by atoms with E-state index in [4.69, 9.17) is 5.73 Å². The van der Waals surface area contributed by atoms with Crippen molar-refractivity contribution in [3.63, 3.8) is 0 Å². The van der Waals surface area contributed by atoms with Gasteiger partial charge in [-0.15, -0.1) is 0 Å². The number of hydrogen-bond donors (Lipinski definition) is 1. The van der Waals surface area contributed by atoms with Crippen molar-refractivity contribution in [2.24, 2.45) is 5.73 Å². The van der Waals surface area contributed by atoms with Gasteiger partial charge in [0.15, 0.2) is 5.78 Å². The third-order valence-corrected chi connectivity index (χ3v) is 5.22. The second kappa shape index (κ2) is 6.08. The number of amides is 1. The van der Waals surface area contributed by atoms with Gasteiger partial charge in [0.1, 0.15) is 5.78 Å². The lowest BCUT2D eigenvalue weighted by atomic mass is 9.91. The molecule has 2 aliphatic rings. The van der Waals surface area contributed by atoms with E-state index in [1.54, 1.807) is 4.90 Å². The SMILES string of the molecule is NCCCc1ccc2c3c(cccc13)C(=O)N2C1CCC(=O)CC1=O. The molecule has 1 unspecified atom stereocenters. The van der Waals surface area contributed by atoms with E-state index in [1.165, 1.54) is 5.56 Å². The molecule has 1 fully saturated rings. The van der Waals surface area contributed by atoms with E-state index in [0.717, 1.165) is 29.3 Å². The normalized spacial score (nSPS) is 20.0. The highest BCUT2D eigenvalue weighted by Crippen LogP contribution is 2.41. The summed E-state index contributed by atoms with van der Waals surface area (Å²) in [6, 6.07) is 9.17. The first-order valence-electron chi connectivity index (χ1n) is 8.74. The number of aryl methyl sites for hydroxylation is 1. The summed E-state index contributed by atoms with van der Waals surface area (Å²) in [7, 11) is 0. The van der Waals surface area contributed by atoms with E-state index >= 15 is 0 Å². The Bertz CT molecular complexity index is 903. The van der Waals surface area contributed by atoms with Crippen LogP contribution in [0, 0.1) is 0 Å². The van der Waals surface area contributed by atoms with Gasteiger partial charge in [-0.05, 0) is 48.9 Å². The summed E-state index contributed by atoms with van der Waals surface area (Å²) in [6.07, 6.45) is 2.45. The molecule has 2 aromatic rings. The van der Waals surface area contributed by atoms with Gasteiger partial charge >= 0.3 is 0 Å². The molecule has 1 amide bonds. The van der Waals surface area contributed by atoms with Gasteiger partial charge in [0.25, 0.3) is 5.91 Å². The van der Waals surface area contributed by atoms with Crippen LogP contribution in [0.25, 0.3) is 10.8 Å². The highest BCUT2D eigenvalue weighted by atomic mass is 16.2. The smallest absolute Gasteiger partial charge is 0.259 e. The van der Waals surface area contributed by atoms with E-state index in [2.05, 4.69) is 0 Å². The highest BCUT2D eigenvalue weighted by Gasteiger charge is 2.40. The maximum absolute atomic E-state index is 13.0. The first-order chi connectivity index (χ1) is 12.1. The number of nitrogens with two attached hydrogens (primary N) is 1. The van der Waals surface area contributed by atoms with Crippen LogP contribution in [-0.2, 0) is 16.0 Å². The molecule has 1 aliphatic heterocycles. The molecule has 5 nitrogen and oxygen atoms in total. The molecule has 0 aromatic heterocycles. The highest BCUT2D eigenvalue weighted by molar-refractivity contribution is 6.27. The predicted molar refractivity (Wildman–Crippen MR) is 95.8 cm³/mol. The van der Waals surface area contributed by atoms with Crippen molar-refractivity contribution in [1.29, 1.82) is 0 Å². The van der Waals surface area contributed by atoms with E-state index in [1.807, 2.05) is 30.3 Å². The topological polar surface area (TPSA) is 80.5 Å². The molecule has 1 atom stereocenters. The summed E-state index contributed by atoms with van der Waals surface area (Å²) in [6.45, 7) is 0.624. The fraction of sp³-hybridized carbons (Fsp3) is 0.350. The predicted octanol–water partition coefficient (Wildman–Crippen LogP) is 2.38. The third kappa shape index (κ3) is 2.46. The first-order valence-corrected chi connectivity index (χ1v) is 8.74. The van der Waals surface area contributed by atoms with E-state index in [9.17, 15) is 14.4 Å². The quantitative estimate of drug-likeness (QED) is 0.869. The zero-order valence-electron chi connectivity index (χ0n) is 14.0. The Labute approximate surface area is 145 Å². The molecule has 5 heteroatoms. The molecule has 0 bridgehead atoms. The minimum absolute atomic E-state index is 0.0345. The zero-order chi connectivity index (χ0) is 17.6. The van der Waals surface area contributed by atoms with Gasteiger partial charge in [0.2, 0.25) is 0 Å². The van der Waals surface area contributed by atoms with Gasteiger partial charge < -0.3 is 5.73 Å². The number of nitrogens with zero attached hydrogens (tertiary/aromatic N) is 1. The number of anilines is 1. The Hall–Kier alpha value is -2.53. The second-order valence-electron chi connectivity index (χ2n) is 6.78. The Morgan fingerprint density at radius 2 is 1.96 bits per heavy atom. The monoisotopic (exact) mass is 336 g/mol. The Morgan fingerprint density at radius 1 is 1.12 bits per heavy atom. The van der Waals surface area contributed by atoms with Crippen LogP contribution in [0.4, 0.5) is 5.69 Å². The largest absolute Gasteiger partial charge is 0.330 e. The number of carbonyl (C=O) groups excluding carboxylic acids is 3. The molecular formula is C20H20N2O3. The molecule has 25 heavy (non-hydrogen) atoms. The summed E-state index contributed by atoms with van der Waals surface area (Å²) in [5.74, 6) is -0.324. The van der Waals surface area contributed by atoms with Gasteiger partial charge in [-0.1, -0.05) is 18.2 Å². The average molecular weight is 336 g/mol. The molecule has 1 aliphatic carbocycles. The third-order valence-electron chi connectivity index (χ3n) is 5.22. The first kappa shape index (κ1) is 16.0. The van der Waals surface area contributed by atoms with Crippen LogP contribution in [0.1, 0.15) is 41.6 Å². The average Bonchev–Trinajstić information content (AvgIpc) is 2.89. The Kier molecular flexibility index (Phi) is 3.88. The van der Waals surface area contributed by atoms with Crippen LogP contribution in [0.5, 0.6) is 0 Å². The molecular weight excluding hydrogens is 316 g/mol. The standard InChI is InChI=1S/C20H20N2O3/c21-10-2-3-12-6-8-17-19-14(12)4-1-5-15(19)20(25)22(17)16-9-7-13(23)11-18(16)24/h1,4-6,8,16H,2-3,7,9-11,21H2. The van der Waals surface area contributed by atoms with E-state index in [-0.39, 0.29) is 23.9 Å². The van der Waals surface area contributed by atoms with Crippen LogP contribution < -0.4 is 10.6 Å². The lowest BCUT2D eigenvalue weighted by Crippen LogP contribution is -2.46. The van der Waals surface area contributed by atoms with E-state index in [0.29, 0.717) is 24.9 Å². The van der Waals surface area contributed by atoms with Crippen molar-refractivity contribution in [3.8, 4) is 0 Å². The van der Waals surface area contributed by atoms with Crippen LogP contribution in [0.3, 0.4) is 0 Å². The van der Waals surface area contributed by atoms with Gasteiger partial charge in [-0.25, -0.2) is 0 Å². The van der Waals surface area contributed by atoms with Crippen LogP contribution in [-0.4, -0.2) is 30.1 Å². The summed E-state index contributed by atoms with van der Waals surface area (Å²) in [4.78, 5) is 38.5. The Morgan fingerprint density at radius 3 is 2.72 bits per heavy atom. The molecule has 128 valence electrons. The summed E-state index contributed by atoms with van der Waals surface area (Å²) >= 11 is 0. The van der Waals surface area contributed by atoms with E-state index < -0.39 is 6.04 Å². The Balaban J connectivity index is 1.81. The van der Waals surface area contributed by atoms with Gasteiger partial charge in [-0.3, -0.25) is 19.3 Å². The number of ketones is 2. The summed E-state index contributed by atoms with van der Waals surface area (Å²) in [5, 5.41) is 1.98. The van der Waals surface area contributed by atoms with Crippen LogP contribution >= 0.6 is 0 Å². The van der Waals surface area contributed by atoms with Crippen molar-refractivity contribution in [3.05, 3.63) is 41.5 Å². The maximum atomic E-state index is 13.0. The fourth-order valence-electron chi connectivity index (χ4n) is 4.02. The van der Waals surface area contributed by atoms with Crippen LogP contribution in [0.15, 0.2) is 30.3 Å². The van der Waals surface area contributed by atoms with Gasteiger partial charge in [0, 0.05) is 17.4 Å². The summed E-state index contributed by atoms with van der Waals surface area (Å²) < 4.78 is 0. The number of rotatable bonds is 4. The molecule has 2 aromatic carbocycles. The number of hydrogen-bond acceptors (Lipinski definition) is 4. The molecule has 0 saturated heterocycles. The van der Waals surface area contributed by atoms with Crippen molar-refractivity contribution in [1.82, 2.24) is 0 Å². The fourth-order valence-corrected chi connectivity index (χ4v) is 4.02. The van der Waals surface area contributed by atoms with Crippen molar-refractivity contribution < 1.29 is 14.4 Å². The lowest BCUT2D eigenvalue weighted by Gasteiger charge is -2.30. The van der Waals surface area contributed by atoms with Crippen molar-refractivity contribution >= 4 is 33.9 Å². The lowest BCUT2D eigenvalue weighted by molar-refractivity contribution is -0.130. The maximum Gasteiger partial charge on any atom is 0.259 e. The van der Waals surface area contributed by atoms with Crippen LogP contribution in [0.2, 0.25) is 0 Å². The minimum Gasteiger partial charge on any atom is -0.330 e. The molecule has 1 saturated carbocycles. The molecule has 1 heterocycles. The van der Waals surface area contributed by atoms with Gasteiger partial charge in [0.05, 0.1) is 18.2 Å². The number of carbonyl (C=O) groups is 3. The molecule has 4 rings (SSSR count). The minimum atomic E-state index is -0.532. The number of Topliss-reactive ketones (excluding diaryl/α,β-unsaturated/α-hetero) is 2. The van der Waals surface area contributed by atoms with Gasteiger partial charge in [-0.2, -0.15) is 0 Å². The molecule has 2 N–H and O–H groups in total. The zero-order valence-corrected chi connectivity index (χ0v) is 14.0. The second-order valence-corrected chi connectivity index (χ2v) is 6.78. The molecule has 0 spiro atoms. The number of benzene rings is 2. The molecule has 0 radical (unpaired) electrons. The summed E-state index contributed by atoms with van der Waals surface area (Å²) in [5.41, 5.74) is 8.24. The van der Waals surface area contributed by atoms with Crippen molar-refractivity contribution in [2.45, 2.75) is 38.1 Å². The van der Waals surface area contributed by atoms with Crippen molar-refractivity contribution in [2.75, 3.05) is 11.4 Å².